The first-order chi connectivity index (χ1) is 4.98. The molecule has 0 aliphatic rings. The first kappa shape index (κ1) is 10.9. The molecular weight excluding hydrogens is 184 g/mol. The standard InChI is InChI=1S/C4H8F3O3P/c1-9-11(8,10-2)4(7)3(5)6/h3-4H,1-2H3. The van der Waals surface area contributed by atoms with Gasteiger partial charge in [-0.05, 0) is 0 Å². The molecule has 1 atom stereocenters. The minimum atomic E-state index is -4.24. The second kappa shape index (κ2) is 4.09. The molecule has 0 spiro atoms. The molecule has 0 rings (SSSR count). The number of hydrogen-bond acceptors (Lipinski definition) is 3. The van der Waals surface area contributed by atoms with Crippen LogP contribution in [0.4, 0.5) is 13.2 Å². The lowest BCUT2D eigenvalue weighted by atomic mass is 10.8. The minimum Gasteiger partial charge on any atom is -0.310 e. The van der Waals surface area contributed by atoms with E-state index in [9.17, 15) is 17.7 Å². The lowest BCUT2D eigenvalue weighted by Crippen LogP contribution is -2.14. The van der Waals surface area contributed by atoms with Crippen molar-refractivity contribution in [3.63, 3.8) is 0 Å². The summed E-state index contributed by atoms with van der Waals surface area (Å²) in [6.07, 6.45) is -3.36. The van der Waals surface area contributed by atoms with Gasteiger partial charge in [0, 0.05) is 14.2 Å². The van der Waals surface area contributed by atoms with E-state index in [1.54, 1.807) is 0 Å². The smallest absolute Gasteiger partial charge is 0.310 e. The Hall–Kier alpha value is -0.0600. The summed E-state index contributed by atoms with van der Waals surface area (Å²) in [5.74, 6) is -2.88. The van der Waals surface area contributed by atoms with Crippen molar-refractivity contribution in [2.24, 2.45) is 0 Å². The van der Waals surface area contributed by atoms with E-state index in [0.717, 1.165) is 14.2 Å². The second-order valence-electron chi connectivity index (χ2n) is 1.61. The molecular formula is C4H8F3O3P. The second-order valence-corrected chi connectivity index (χ2v) is 3.92. The van der Waals surface area contributed by atoms with Crippen LogP contribution in [0.3, 0.4) is 0 Å². The molecule has 0 aromatic heterocycles. The molecule has 11 heavy (non-hydrogen) atoms. The first-order valence-corrected chi connectivity index (χ1v) is 4.22. The largest absolute Gasteiger partial charge is 0.369 e. The van der Waals surface area contributed by atoms with Crippen LogP contribution in [0.1, 0.15) is 0 Å². The van der Waals surface area contributed by atoms with E-state index in [4.69, 9.17) is 0 Å². The summed E-state index contributed by atoms with van der Waals surface area (Å²) < 4.78 is 54.3. The van der Waals surface area contributed by atoms with Crippen LogP contribution in [0.15, 0.2) is 0 Å². The molecule has 1 unspecified atom stereocenters. The Morgan fingerprint density at radius 3 is 1.64 bits per heavy atom. The normalized spacial score (nSPS) is 15.5. The van der Waals surface area contributed by atoms with Crippen LogP contribution >= 0.6 is 7.60 Å². The Kier molecular flexibility index (Phi) is 4.07. The third kappa shape index (κ3) is 2.47. The third-order valence-electron chi connectivity index (χ3n) is 1.02. The van der Waals surface area contributed by atoms with Gasteiger partial charge in [0.25, 0.3) is 12.3 Å². The van der Waals surface area contributed by atoms with Crippen LogP contribution in [0.5, 0.6) is 0 Å². The minimum absolute atomic E-state index is 0.846. The van der Waals surface area contributed by atoms with Gasteiger partial charge in [0.15, 0.2) is 0 Å². The van der Waals surface area contributed by atoms with Crippen LogP contribution in [0, 0.1) is 0 Å². The molecule has 7 heteroatoms. The molecule has 0 fully saturated rings. The van der Waals surface area contributed by atoms with E-state index >= 15 is 0 Å². The monoisotopic (exact) mass is 192 g/mol. The highest BCUT2D eigenvalue weighted by atomic mass is 31.2. The van der Waals surface area contributed by atoms with Gasteiger partial charge < -0.3 is 9.05 Å². The van der Waals surface area contributed by atoms with Gasteiger partial charge in [-0.2, -0.15) is 0 Å². The third-order valence-corrected chi connectivity index (χ3v) is 2.87. The SMILES string of the molecule is COP(=O)(OC)C(F)C(F)F. The number of hydrogen-bond donors (Lipinski definition) is 0. The molecule has 68 valence electrons. The van der Waals surface area contributed by atoms with Gasteiger partial charge in [0.2, 0.25) is 0 Å². The maximum absolute atomic E-state index is 12.3. The molecule has 0 aliphatic carbocycles. The fraction of sp³-hybridized carbons (Fsp3) is 1.00. The summed E-state index contributed by atoms with van der Waals surface area (Å²) in [7, 11) is -2.55. The van der Waals surface area contributed by atoms with Crippen LogP contribution in [-0.2, 0) is 13.6 Å². The summed E-state index contributed by atoms with van der Waals surface area (Å²) in [6.45, 7) is 0. The lowest BCUT2D eigenvalue weighted by molar-refractivity contribution is 0.0704. The first-order valence-electron chi connectivity index (χ1n) is 2.61. The van der Waals surface area contributed by atoms with Crippen LogP contribution in [-0.4, -0.2) is 26.6 Å². The molecule has 0 aromatic carbocycles. The maximum Gasteiger partial charge on any atom is 0.369 e. The van der Waals surface area contributed by atoms with E-state index in [2.05, 4.69) is 9.05 Å². The van der Waals surface area contributed by atoms with Gasteiger partial charge in [-0.15, -0.1) is 0 Å². The molecule has 0 N–H and O–H groups in total. The Balaban J connectivity index is 4.38. The van der Waals surface area contributed by atoms with Gasteiger partial charge in [-0.25, -0.2) is 13.2 Å². The zero-order chi connectivity index (χ0) is 9.07. The van der Waals surface area contributed by atoms with Crippen molar-refractivity contribution in [2.75, 3.05) is 14.2 Å². The molecule has 3 nitrogen and oxygen atoms in total. The average molecular weight is 192 g/mol. The van der Waals surface area contributed by atoms with Crippen molar-refractivity contribution >= 4 is 7.60 Å². The fourth-order valence-corrected chi connectivity index (χ4v) is 1.24. The van der Waals surface area contributed by atoms with Crippen LogP contribution < -0.4 is 0 Å². The van der Waals surface area contributed by atoms with Gasteiger partial charge in [-0.3, -0.25) is 4.57 Å². The summed E-state index contributed by atoms with van der Waals surface area (Å²) in [5.41, 5.74) is 0. The van der Waals surface area contributed by atoms with Crippen LogP contribution in [0.25, 0.3) is 0 Å². The van der Waals surface area contributed by atoms with Gasteiger partial charge >= 0.3 is 7.60 Å². The van der Waals surface area contributed by atoms with Crippen molar-refractivity contribution in [3.05, 3.63) is 0 Å². The predicted molar refractivity (Wildman–Crippen MR) is 32.5 cm³/mol. The number of alkyl halides is 3. The quantitative estimate of drug-likeness (QED) is 0.639. The Labute approximate surface area is 62.0 Å². The van der Waals surface area contributed by atoms with E-state index in [1.165, 1.54) is 0 Å². The number of rotatable bonds is 4. The summed E-state index contributed by atoms with van der Waals surface area (Å²) in [6, 6.07) is 0. The lowest BCUT2D eigenvalue weighted by Gasteiger charge is -2.16. The highest BCUT2D eigenvalue weighted by Crippen LogP contribution is 2.54. The van der Waals surface area contributed by atoms with Crippen molar-refractivity contribution < 1.29 is 26.8 Å². The molecule has 0 saturated heterocycles. The fourth-order valence-electron chi connectivity index (χ4n) is 0.414. The molecule has 0 saturated carbocycles. The van der Waals surface area contributed by atoms with Crippen molar-refractivity contribution in [2.45, 2.75) is 12.3 Å². The van der Waals surface area contributed by atoms with E-state index in [-0.39, 0.29) is 0 Å². The summed E-state index contributed by atoms with van der Waals surface area (Å²) >= 11 is 0. The Morgan fingerprint density at radius 2 is 1.55 bits per heavy atom. The Bertz CT molecular complexity index is 155. The zero-order valence-corrected chi connectivity index (χ0v) is 6.85. The van der Waals surface area contributed by atoms with E-state index in [1.807, 2.05) is 0 Å². The van der Waals surface area contributed by atoms with Crippen molar-refractivity contribution in [1.29, 1.82) is 0 Å². The van der Waals surface area contributed by atoms with Gasteiger partial charge in [0.05, 0.1) is 0 Å². The highest BCUT2D eigenvalue weighted by molar-refractivity contribution is 7.54. The van der Waals surface area contributed by atoms with Crippen molar-refractivity contribution in [3.8, 4) is 0 Å². The molecule has 0 aliphatic heterocycles. The molecule has 0 aromatic rings. The van der Waals surface area contributed by atoms with Gasteiger partial charge in [0.1, 0.15) is 0 Å². The zero-order valence-electron chi connectivity index (χ0n) is 5.96. The molecule has 0 radical (unpaired) electrons. The van der Waals surface area contributed by atoms with E-state index in [0.29, 0.717) is 0 Å². The maximum atomic E-state index is 12.3. The van der Waals surface area contributed by atoms with Crippen LogP contribution in [0.2, 0.25) is 0 Å². The van der Waals surface area contributed by atoms with E-state index < -0.39 is 19.9 Å². The molecule has 0 bridgehead atoms. The van der Waals surface area contributed by atoms with Crippen molar-refractivity contribution in [1.82, 2.24) is 0 Å². The summed E-state index contributed by atoms with van der Waals surface area (Å²) in [4.78, 5) is 0. The highest BCUT2D eigenvalue weighted by Gasteiger charge is 2.41. The molecule has 0 amide bonds. The van der Waals surface area contributed by atoms with Gasteiger partial charge in [-0.1, -0.05) is 0 Å². The Morgan fingerprint density at radius 1 is 1.18 bits per heavy atom. The molecule has 0 heterocycles. The average Bonchev–Trinajstić information content (AvgIpc) is 2.01. The summed E-state index contributed by atoms with van der Waals surface area (Å²) in [5, 5.41) is 0. The number of halogens is 3. The topological polar surface area (TPSA) is 35.5 Å². The predicted octanol–water partition coefficient (Wildman–Crippen LogP) is 2.03.